The molecule has 3 aromatic rings. The van der Waals surface area contributed by atoms with Gasteiger partial charge in [-0.05, 0) is 43.0 Å². The number of sulfone groups is 2. The number of likely N-dealkylation sites (N-methyl/N-ethyl adjacent to an activating group) is 1. The zero-order valence-electron chi connectivity index (χ0n) is 17.0. The highest BCUT2D eigenvalue weighted by atomic mass is 32.2. The van der Waals surface area contributed by atoms with Crippen LogP contribution in [0.3, 0.4) is 0 Å². The zero-order chi connectivity index (χ0) is 22.1. The Morgan fingerprint density at radius 3 is 1.74 bits per heavy atom. The quantitative estimate of drug-likeness (QED) is 0.586. The highest BCUT2D eigenvalue weighted by molar-refractivity contribution is 7.95. The van der Waals surface area contributed by atoms with Crippen molar-refractivity contribution in [2.75, 3.05) is 13.6 Å². The first-order chi connectivity index (χ1) is 14.8. The molecule has 0 aliphatic carbocycles. The van der Waals surface area contributed by atoms with Crippen molar-refractivity contribution in [2.24, 2.45) is 0 Å². The van der Waals surface area contributed by atoms with Gasteiger partial charge in [0.1, 0.15) is 5.25 Å². The van der Waals surface area contributed by atoms with Crippen LogP contribution in [0, 0.1) is 0 Å². The van der Waals surface area contributed by atoms with E-state index >= 15 is 0 Å². The van der Waals surface area contributed by atoms with Crippen LogP contribution < -0.4 is 0 Å². The number of benzene rings is 3. The first kappa shape index (κ1) is 21.5. The van der Waals surface area contributed by atoms with Gasteiger partial charge in [0.2, 0.25) is 9.84 Å². The summed E-state index contributed by atoms with van der Waals surface area (Å²) < 4.78 is 53.9. The molecule has 0 bridgehead atoms. The molecule has 4 rings (SSSR count). The highest BCUT2D eigenvalue weighted by Gasteiger charge is 2.42. The molecule has 0 radical (unpaired) electrons. The van der Waals surface area contributed by atoms with Crippen molar-refractivity contribution in [3.63, 3.8) is 0 Å². The Morgan fingerprint density at radius 1 is 0.710 bits per heavy atom. The van der Waals surface area contributed by atoms with Crippen LogP contribution in [0.4, 0.5) is 0 Å². The molecular formula is C24H23NO4S2. The van der Waals surface area contributed by atoms with Gasteiger partial charge in [-0.1, -0.05) is 66.7 Å². The first-order valence-corrected chi connectivity index (χ1v) is 12.9. The lowest BCUT2D eigenvalue weighted by Gasteiger charge is -2.38. The van der Waals surface area contributed by atoms with Gasteiger partial charge >= 0.3 is 0 Å². The van der Waals surface area contributed by atoms with Crippen LogP contribution in [-0.4, -0.2) is 40.6 Å². The van der Waals surface area contributed by atoms with Crippen LogP contribution >= 0.6 is 0 Å². The number of hydrogen-bond donors (Lipinski definition) is 0. The Kier molecular flexibility index (Phi) is 5.83. The molecule has 7 heteroatoms. The van der Waals surface area contributed by atoms with Gasteiger partial charge in [-0.15, -0.1) is 0 Å². The third-order valence-corrected chi connectivity index (χ3v) is 9.40. The summed E-state index contributed by atoms with van der Waals surface area (Å²) in [5.41, 5.74) is 0.821. The van der Waals surface area contributed by atoms with Gasteiger partial charge < -0.3 is 0 Å². The Labute approximate surface area is 183 Å². The predicted molar refractivity (Wildman–Crippen MR) is 121 cm³/mol. The van der Waals surface area contributed by atoms with Crippen LogP contribution in [0.1, 0.15) is 11.6 Å². The van der Waals surface area contributed by atoms with E-state index in [-0.39, 0.29) is 21.2 Å². The van der Waals surface area contributed by atoms with Gasteiger partial charge in [0.25, 0.3) is 0 Å². The number of nitrogens with zero attached hydrogens (tertiary/aromatic N) is 1. The van der Waals surface area contributed by atoms with Gasteiger partial charge in [0, 0.05) is 6.54 Å². The smallest absolute Gasteiger partial charge is 0.203 e. The second-order valence-corrected chi connectivity index (χ2v) is 11.7. The minimum Gasteiger partial charge on any atom is -0.293 e. The molecule has 160 valence electrons. The van der Waals surface area contributed by atoms with E-state index < -0.39 is 31.0 Å². The SMILES string of the molecule is CN1CC(S(=O)(=O)c2ccccc2)=C[C@H](S(=O)(=O)c2ccccc2)[C@H]1c1ccccc1. The molecule has 1 aliphatic rings. The van der Waals surface area contributed by atoms with Crippen molar-refractivity contribution in [1.29, 1.82) is 0 Å². The molecule has 0 unspecified atom stereocenters. The van der Waals surface area contributed by atoms with E-state index in [4.69, 9.17) is 0 Å². The molecule has 1 aliphatic heterocycles. The molecular weight excluding hydrogens is 430 g/mol. The van der Waals surface area contributed by atoms with Gasteiger partial charge in [-0.2, -0.15) is 0 Å². The minimum atomic E-state index is -3.85. The molecule has 0 N–H and O–H groups in total. The topological polar surface area (TPSA) is 71.5 Å². The van der Waals surface area contributed by atoms with E-state index in [0.717, 1.165) is 5.56 Å². The maximum atomic E-state index is 13.7. The Hall–Kier alpha value is -2.74. The van der Waals surface area contributed by atoms with Gasteiger partial charge in [0.15, 0.2) is 9.84 Å². The molecule has 3 aromatic carbocycles. The fraction of sp³-hybridized carbons (Fsp3) is 0.167. The van der Waals surface area contributed by atoms with Gasteiger partial charge in [-0.3, -0.25) is 4.90 Å². The summed E-state index contributed by atoms with van der Waals surface area (Å²) in [6, 6.07) is 25.1. The number of rotatable bonds is 5. The second-order valence-electron chi connectivity index (χ2n) is 7.54. The molecule has 0 spiro atoms. The summed E-state index contributed by atoms with van der Waals surface area (Å²) in [6.07, 6.45) is 1.43. The minimum absolute atomic E-state index is 0.0953. The standard InChI is InChI=1S/C24H23NO4S2/c1-25-18-22(30(26,27)20-13-7-3-8-14-20)17-23(24(25)19-11-5-2-6-12-19)31(28,29)21-15-9-4-10-16-21/h2-17,23-24H,18H2,1H3/t23-,24+/m0/s1. The lowest BCUT2D eigenvalue weighted by molar-refractivity contribution is 0.258. The van der Waals surface area contributed by atoms with E-state index in [1.807, 2.05) is 30.3 Å². The molecule has 0 aromatic heterocycles. The molecule has 0 amide bonds. The van der Waals surface area contributed by atoms with Crippen molar-refractivity contribution < 1.29 is 16.8 Å². The summed E-state index contributed by atoms with van der Waals surface area (Å²) in [6.45, 7) is 0.123. The normalized spacial score (nSPS) is 20.2. The highest BCUT2D eigenvalue weighted by Crippen LogP contribution is 2.38. The largest absolute Gasteiger partial charge is 0.293 e. The van der Waals surface area contributed by atoms with Crippen molar-refractivity contribution in [3.8, 4) is 0 Å². The Morgan fingerprint density at radius 2 is 1.19 bits per heavy atom. The van der Waals surface area contributed by atoms with Crippen molar-refractivity contribution >= 4 is 19.7 Å². The summed E-state index contributed by atoms with van der Waals surface area (Å²) >= 11 is 0. The maximum Gasteiger partial charge on any atom is 0.203 e. The summed E-state index contributed by atoms with van der Waals surface area (Å²) in [7, 11) is -5.91. The summed E-state index contributed by atoms with van der Waals surface area (Å²) in [5.74, 6) is 0. The van der Waals surface area contributed by atoms with E-state index in [1.54, 1.807) is 60.5 Å². The van der Waals surface area contributed by atoms with Crippen LogP contribution in [0.15, 0.2) is 112 Å². The van der Waals surface area contributed by atoms with Crippen molar-refractivity contribution in [1.82, 2.24) is 4.90 Å². The Bertz CT molecular complexity index is 1290. The zero-order valence-corrected chi connectivity index (χ0v) is 18.6. The molecule has 0 fully saturated rings. The summed E-state index contributed by atoms with van der Waals surface area (Å²) in [5, 5.41) is -1.05. The monoisotopic (exact) mass is 453 g/mol. The van der Waals surface area contributed by atoms with Gasteiger partial charge in [-0.25, -0.2) is 16.8 Å². The summed E-state index contributed by atoms with van der Waals surface area (Å²) in [4.78, 5) is 2.22. The van der Waals surface area contributed by atoms with Crippen LogP contribution in [0.25, 0.3) is 0 Å². The number of hydrogen-bond acceptors (Lipinski definition) is 5. The lowest BCUT2D eigenvalue weighted by Crippen LogP contribution is -2.43. The molecule has 31 heavy (non-hydrogen) atoms. The lowest BCUT2D eigenvalue weighted by atomic mass is 9.99. The van der Waals surface area contributed by atoms with Crippen LogP contribution in [0.5, 0.6) is 0 Å². The molecule has 0 saturated heterocycles. The van der Waals surface area contributed by atoms with E-state index in [9.17, 15) is 16.8 Å². The first-order valence-electron chi connectivity index (χ1n) is 9.87. The third-order valence-electron chi connectivity index (χ3n) is 5.51. The van der Waals surface area contributed by atoms with Crippen LogP contribution in [0.2, 0.25) is 0 Å². The molecule has 0 saturated carbocycles. The molecule has 2 atom stereocenters. The third kappa shape index (κ3) is 4.08. The average molecular weight is 454 g/mol. The average Bonchev–Trinajstić information content (AvgIpc) is 2.80. The maximum absolute atomic E-state index is 13.7. The van der Waals surface area contributed by atoms with E-state index in [2.05, 4.69) is 0 Å². The van der Waals surface area contributed by atoms with Crippen molar-refractivity contribution in [3.05, 3.63) is 108 Å². The van der Waals surface area contributed by atoms with E-state index in [1.165, 1.54) is 18.2 Å². The molecule has 1 heterocycles. The van der Waals surface area contributed by atoms with Crippen molar-refractivity contribution in [2.45, 2.75) is 21.1 Å². The second kappa shape index (κ2) is 8.42. The fourth-order valence-corrected chi connectivity index (χ4v) is 7.47. The fourth-order valence-electron chi connectivity index (χ4n) is 3.97. The van der Waals surface area contributed by atoms with E-state index in [0.29, 0.717) is 0 Å². The molecule has 5 nitrogen and oxygen atoms in total. The Balaban J connectivity index is 1.89. The van der Waals surface area contributed by atoms with Crippen LogP contribution in [-0.2, 0) is 19.7 Å². The predicted octanol–water partition coefficient (Wildman–Crippen LogP) is 3.87. The van der Waals surface area contributed by atoms with Gasteiger partial charge in [0.05, 0.1) is 20.7 Å².